The van der Waals surface area contributed by atoms with Crippen LogP contribution in [-0.2, 0) is 16.1 Å². The van der Waals surface area contributed by atoms with Crippen molar-refractivity contribution >= 4 is 23.4 Å². The van der Waals surface area contributed by atoms with Gasteiger partial charge < -0.3 is 15.0 Å². The average Bonchev–Trinajstić information content (AvgIpc) is 2.72. The van der Waals surface area contributed by atoms with Crippen LogP contribution in [0.3, 0.4) is 0 Å². The molecule has 0 aliphatic carbocycles. The normalized spacial score (nSPS) is 11.9. The van der Waals surface area contributed by atoms with Crippen LogP contribution in [0.25, 0.3) is 0 Å². The first kappa shape index (κ1) is 24.7. The SMILES string of the molecule is Cc1cc(OCC(=O)N(Cc2ccccc2F)[C@H](C)C(=O)NCC(C)C)cc(C)c1Cl. The third kappa shape index (κ3) is 6.96. The molecule has 1 N–H and O–H groups in total. The van der Waals surface area contributed by atoms with Gasteiger partial charge >= 0.3 is 0 Å². The van der Waals surface area contributed by atoms with E-state index < -0.39 is 17.8 Å². The second-order valence-electron chi connectivity index (χ2n) is 8.09. The zero-order valence-corrected chi connectivity index (χ0v) is 19.4. The fraction of sp³-hybridized carbons (Fsp3) is 0.417. The van der Waals surface area contributed by atoms with Gasteiger partial charge in [0.25, 0.3) is 5.91 Å². The van der Waals surface area contributed by atoms with Gasteiger partial charge in [0, 0.05) is 23.7 Å². The summed E-state index contributed by atoms with van der Waals surface area (Å²) in [6.07, 6.45) is 0. The largest absolute Gasteiger partial charge is 0.484 e. The molecule has 2 aromatic carbocycles. The minimum atomic E-state index is -0.789. The molecule has 0 spiro atoms. The fourth-order valence-corrected chi connectivity index (χ4v) is 3.17. The standard InChI is InChI=1S/C24H30ClFN2O3/c1-15(2)12-27-24(30)18(5)28(13-19-8-6-7-9-21(19)26)22(29)14-31-20-10-16(3)23(25)17(4)11-20/h6-11,15,18H,12-14H2,1-5H3,(H,27,30)/t18-/m1/s1. The van der Waals surface area contributed by atoms with Gasteiger partial charge in [0.1, 0.15) is 17.6 Å². The second-order valence-corrected chi connectivity index (χ2v) is 8.47. The molecule has 0 bridgehead atoms. The first-order valence-corrected chi connectivity index (χ1v) is 10.7. The van der Waals surface area contributed by atoms with E-state index in [1.54, 1.807) is 37.3 Å². The van der Waals surface area contributed by atoms with Crippen molar-refractivity contribution in [1.82, 2.24) is 10.2 Å². The molecule has 2 rings (SSSR count). The summed E-state index contributed by atoms with van der Waals surface area (Å²) in [5, 5.41) is 3.48. The van der Waals surface area contributed by atoms with Crippen molar-refractivity contribution in [3.63, 3.8) is 0 Å². The summed E-state index contributed by atoms with van der Waals surface area (Å²) in [6.45, 7) is 9.48. The highest BCUT2D eigenvalue weighted by molar-refractivity contribution is 6.32. The van der Waals surface area contributed by atoms with E-state index in [1.807, 2.05) is 27.7 Å². The Balaban J connectivity index is 2.19. The Labute approximate surface area is 188 Å². The zero-order chi connectivity index (χ0) is 23.1. The molecular weight excluding hydrogens is 419 g/mol. The van der Waals surface area contributed by atoms with Crippen LogP contribution in [-0.4, -0.2) is 35.9 Å². The summed E-state index contributed by atoms with van der Waals surface area (Å²) >= 11 is 6.19. The highest BCUT2D eigenvalue weighted by Crippen LogP contribution is 2.26. The van der Waals surface area contributed by atoms with Crippen molar-refractivity contribution in [1.29, 1.82) is 0 Å². The van der Waals surface area contributed by atoms with Crippen molar-refractivity contribution in [3.8, 4) is 5.75 Å². The summed E-state index contributed by atoms with van der Waals surface area (Å²) in [4.78, 5) is 27.0. The van der Waals surface area contributed by atoms with E-state index in [0.717, 1.165) is 11.1 Å². The lowest BCUT2D eigenvalue weighted by Gasteiger charge is -2.29. The number of amides is 2. The second kappa shape index (κ2) is 11.1. The Kier molecular flexibility index (Phi) is 8.87. The van der Waals surface area contributed by atoms with Crippen LogP contribution >= 0.6 is 11.6 Å². The molecular formula is C24H30ClFN2O3. The van der Waals surface area contributed by atoms with Crippen LogP contribution in [0.2, 0.25) is 5.02 Å². The maximum atomic E-state index is 14.2. The van der Waals surface area contributed by atoms with Crippen molar-refractivity contribution in [2.45, 2.75) is 47.2 Å². The van der Waals surface area contributed by atoms with E-state index in [1.165, 1.54) is 11.0 Å². The molecule has 1 atom stereocenters. The van der Waals surface area contributed by atoms with Crippen molar-refractivity contribution in [2.24, 2.45) is 5.92 Å². The predicted molar refractivity (Wildman–Crippen MR) is 121 cm³/mol. The van der Waals surface area contributed by atoms with Crippen LogP contribution in [0.5, 0.6) is 5.75 Å². The molecule has 5 nitrogen and oxygen atoms in total. The summed E-state index contributed by atoms with van der Waals surface area (Å²) in [5.74, 6) is -0.362. The molecule has 0 saturated heterocycles. The number of carbonyl (C=O) groups is 2. The number of nitrogens with zero attached hydrogens (tertiary/aromatic N) is 1. The number of hydrogen-bond donors (Lipinski definition) is 1. The zero-order valence-electron chi connectivity index (χ0n) is 18.7. The molecule has 0 saturated carbocycles. The maximum absolute atomic E-state index is 14.2. The predicted octanol–water partition coefficient (Wildman–Crippen LogP) is 4.66. The van der Waals surface area contributed by atoms with E-state index in [4.69, 9.17) is 16.3 Å². The highest BCUT2D eigenvalue weighted by Gasteiger charge is 2.27. The van der Waals surface area contributed by atoms with Crippen molar-refractivity contribution < 1.29 is 18.7 Å². The van der Waals surface area contributed by atoms with E-state index in [0.29, 0.717) is 22.9 Å². The first-order chi connectivity index (χ1) is 14.6. The van der Waals surface area contributed by atoms with Crippen LogP contribution in [0, 0.1) is 25.6 Å². The van der Waals surface area contributed by atoms with Crippen molar-refractivity contribution in [2.75, 3.05) is 13.2 Å². The minimum Gasteiger partial charge on any atom is -0.484 e. The van der Waals surface area contributed by atoms with Gasteiger partial charge in [-0.25, -0.2) is 4.39 Å². The van der Waals surface area contributed by atoms with E-state index >= 15 is 0 Å². The average molecular weight is 449 g/mol. The van der Waals surface area contributed by atoms with Crippen LogP contribution in [0.15, 0.2) is 36.4 Å². The Morgan fingerprint density at radius 3 is 2.32 bits per heavy atom. The van der Waals surface area contributed by atoms with Crippen LogP contribution in [0.4, 0.5) is 4.39 Å². The monoisotopic (exact) mass is 448 g/mol. The number of aryl methyl sites for hydroxylation is 2. The molecule has 7 heteroatoms. The molecule has 31 heavy (non-hydrogen) atoms. The lowest BCUT2D eigenvalue weighted by molar-refractivity contribution is -0.142. The molecule has 168 valence electrons. The third-order valence-electron chi connectivity index (χ3n) is 4.92. The van der Waals surface area contributed by atoms with Crippen LogP contribution < -0.4 is 10.1 Å². The quantitative estimate of drug-likeness (QED) is 0.606. The summed E-state index contributed by atoms with van der Waals surface area (Å²) in [7, 11) is 0. The molecule has 0 aliphatic heterocycles. The number of nitrogens with one attached hydrogen (secondary N) is 1. The molecule has 0 radical (unpaired) electrons. The van der Waals surface area contributed by atoms with Crippen LogP contribution in [0.1, 0.15) is 37.5 Å². The number of benzene rings is 2. The van der Waals surface area contributed by atoms with Gasteiger partial charge in [-0.2, -0.15) is 0 Å². The van der Waals surface area contributed by atoms with Gasteiger partial charge in [-0.15, -0.1) is 0 Å². The molecule has 2 amide bonds. The number of rotatable bonds is 9. The first-order valence-electron chi connectivity index (χ1n) is 10.3. The molecule has 0 aliphatic rings. The summed E-state index contributed by atoms with van der Waals surface area (Å²) in [5.41, 5.74) is 2.01. The molecule has 0 unspecified atom stereocenters. The smallest absolute Gasteiger partial charge is 0.261 e. The van der Waals surface area contributed by atoms with Gasteiger partial charge in [0.15, 0.2) is 6.61 Å². The van der Waals surface area contributed by atoms with Gasteiger partial charge in [0.2, 0.25) is 5.91 Å². The minimum absolute atomic E-state index is 0.0379. The van der Waals surface area contributed by atoms with E-state index in [2.05, 4.69) is 5.32 Å². The van der Waals surface area contributed by atoms with Gasteiger partial charge in [0.05, 0.1) is 0 Å². The van der Waals surface area contributed by atoms with Gasteiger partial charge in [-0.3, -0.25) is 9.59 Å². The van der Waals surface area contributed by atoms with Gasteiger partial charge in [-0.1, -0.05) is 43.6 Å². The van der Waals surface area contributed by atoms with Gasteiger partial charge in [-0.05, 0) is 56.0 Å². The van der Waals surface area contributed by atoms with Crippen molar-refractivity contribution in [3.05, 3.63) is 63.9 Å². The fourth-order valence-electron chi connectivity index (χ4n) is 3.06. The third-order valence-corrected chi connectivity index (χ3v) is 5.52. The Morgan fingerprint density at radius 1 is 1.13 bits per heavy atom. The lowest BCUT2D eigenvalue weighted by atomic mass is 10.1. The van der Waals surface area contributed by atoms with E-state index in [-0.39, 0.29) is 25.0 Å². The molecule has 0 aromatic heterocycles. The molecule has 0 fully saturated rings. The Hall–Kier alpha value is -2.60. The lowest BCUT2D eigenvalue weighted by Crippen LogP contribution is -2.49. The highest BCUT2D eigenvalue weighted by atomic mass is 35.5. The molecule has 0 heterocycles. The number of ether oxygens (including phenoxy) is 1. The number of hydrogen-bond acceptors (Lipinski definition) is 3. The topological polar surface area (TPSA) is 58.6 Å². The summed E-state index contributed by atoms with van der Waals surface area (Å²) in [6, 6.07) is 8.92. The number of carbonyl (C=O) groups excluding carboxylic acids is 2. The summed E-state index contributed by atoms with van der Waals surface area (Å²) < 4.78 is 19.9. The Morgan fingerprint density at radius 2 is 1.74 bits per heavy atom. The maximum Gasteiger partial charge on any atom is 0.261 e. The molecule has 2 aromatic rings. The number of halogens is 2. The Bertz CT molecular complexity index is 910. The van der Waals surface area contributed by atoms with E-state index in [9.17, 15) is 14.0 Å².